The molecular weight excluding hydrogens is 202 g/mol. The number of nitrogens with two attached hydrogens (primary N) is 1. The molecule has 0 bridgehead atoms. The minimum Gasteiger partial charge on any atom is -0.508 e. The number of phenolic OH excluding ortho intramolecular Hbond substituents is 1. The van der Waals surface area contributed by atoms with Gasteiger partial charge in [-0.15, -0.1) is 0 Å². The van der Waals surface area contributed by atoms with Crippen molar-refractivity contribution < 1.29 is 5.11 Å². The Bertz CT molecular complexity index is 441. The molecule has 1 heterocycles. The van der Waals surface area contributed by atoms with Crippen LogP contribution in [0.1, 0.15) is 11.3 Å². The van der Waals surface area contributed by atoms with E-state index in [9.17, 15) is 0 Å². The molecule has 4 nitrogen and oxygen atoms in total. The number of nitrogen functional groups attached to an aromatic ring is 1. The average molecular weight is 213 g/mol. The summed E-state index contributed by atoms with van der Waals surface area (Å²) in [5.41, 5.74) is 7.15. The van der Waals surface area contributed by atoms with Gasteiger partial charge >= 0.3 is 0 Å². The summed E-state index contributed by atoms with van der Waals surface area (Å²) in [6.45, 7) is 0. The minimum atomic E-state index is 0.254. The predicted molar refractivity (Wildman–Crippen MR) is 63.5 cm³/mol. The van der Waals surface area contributed by atoms with Crippen molar-refractivity contribution in [3.05, 3.63) is 47.9 Å². The highest BCUT2D eigenvalue weighted by Gasteiger charge is 1.91. The summed E-state index contributed by atoms with van der Waals surface area (Å²) in [6, 6.07) is 6.90. The van der Waals surface area contributed by atoms with Crippen LogP contribution in [0.4, 0.5) is 5.82 Å². The zero-order chi connectivity index (χ0) is 11.4. The zero-order valence-corrected chi connectivity index (χ0v) is 8.54. The molecule has 4 heteroatoms. The Kier molecular flexibility index (Phi) is 2.82. The first-order chi connectivity index (χ1) is 7.74. The molecule has 0 saturated carbocycles. The van der Waals surface area contributed by atoms with Crippen molar-refractivity contribution in [2.75, 3.05) is 5.73 Å². The van der Waals surface area contributed by atoms with Gasteiger partial charge in [0.25, 0.3) is 0 Å². The summed E-state index contributed by atoms with van der Waals surface area (Å²) < 4.78 is 0. The zero-order valence-electron chi connectivity index (χ0n) is 8.54. The Morgan fingerprint density at radius 1 is 1.00 bits per heavy atom. The van der Waals surface area contributed by atoms with Gasteiger partial charge in [-0.1, -0.05) is 18.2 Å². The van der Waals surface area contributed by atoms with Crippen LogP contribution in [0.5, 0.6) is 5.75 Å². The molecule has 0 atom stereocenters. The summed E-state index contributed by atoms with van der Waals surface area (Å²) in [5, 5.41) is 9.11. The topological polar surface area (TPSA) is 72.0 Å². The highest BCUT2D eigenvalue weighted by atomic mass is 16.3. The number of hydrogen-bond acceptors (Lipinski definition) is 4. The van der Waals surface area contributed by atoms with Gasteiger partial charge in [0.1, 0.15) is 11.6 Å². The fraction of sp³-hybridized carbons (Fsp3) is 0. The highest BCUT2D eigenvalue weighted by Crippen LogP contribution is 2.12. The first kappa shape index (κ1) is 10.2. The van der Waals surface area contributed by atoms with Gasteiger partial charge in [-0.05, 0) is 23.8 Å². The van der Waals surface area contributed by atoms with Crippen molar-refractivity contribution in [2.24, 2.45) is 0 Å². The molecule has 16 heavy (non-hydrogen) atoms. The lowest BCUT2D eigenvalue weighted by molar-refractivity contribution is 0.475. The number of rotatable bonds is 2. The van der Waals surface area contributed by atoms with Gasteiger partial charge in [0, 0.05) is 0 Å². The molecule has 1 aromatic carbocycles. The Morgan fingerprint density at radius 2 is 1.75 bits per heavy atom. The summed E-state index contributed by atoms with van der Waals surface area (Å²) in [5.74, 6) is 0.659. The molecule has 0 amide bonds. The normalized spacial score (nSPS) is 10.8. The van der Waals surface area contributed by atoms with E-state index in [0.717, 1.165) is 11.3 Å². The lowest BCUT2D eigenvalue weighted by Gasteiger charge is -1.95. The first-order valence-electron chi connectivity index (χ1n) is 4.79. The number of aromatic hydroxyl groups is 1. The molecule has 3 N–H and O–H groups in total. The van der Waals surface area contributed by atoms with Gasteiger partial charge in [-0.3, -0.25) is 4.98 Å². The van der Waals surface area contributed by atoms with Crippen LogP contribution in [0.25, 0.3) is 12.2 Å². The van der Waals surface area contributed by atoms with Crippen LogP contribution in [-0.2, 0) is 0 Å². The number of nitrogens with zero attached hydrogens (tertiary/aromatic N) is 2. The van der Waals surface area contributed by atoms with E-state index in [1.165, 1.54) is 6.20 Å². The van der Waals surface area contributed by atoms with Crippen molar-refractivity contribution >= 4 is 18.0 Å². The highest BCUT2D eigenvalue weighted by molar-refractivity contribution is 5.67. The average Bonchev–Trinajstić information content (AvgIpc) is 2.30. The fourth-order valence-electron chi connectivity index (χ4n) is 1.20. The third kappa shape index (κ3) is 2.57. The van der Waals surface area contributed by atoms with Crippen molar-refractivity contribution in [3.8, 4) is 5.75 Å². The Labute approximate surface area is 93.1 Å². The van der Waals surface area contributed by atoms with Crippen LogP contribution in [-0.4, -0.2) is 15.1 Å². The van der Waals surface area contributed by atoms with Crippen LogP contribution in [0.3, 0.4) is 0 Å². The van der Waals surface area contributed by atoms with Crippen LogP contribution in [0.15, 0.2) is 36.7 Å². The molecule has 80 valence electrons. The van der Waals surface area contributed by atoms with E-state index < -0.39 is 0 Å². The van der Waals surface area contributed by atoms with Crippen LogP contribution >= 0.6 is 0 Å². The van der Waals surface area contributed by atoms with E-state index in [-0.39, 0.29) is 5.75 Å². The van der Waals surface area contributed by atoms with E-state index in [4.69, 9.17) is 10.8 Å². The second-order valence-corrected chi connectivity index (χ2v) is 3.29. The van der Waals surface area contributed by atoms with Gasteiger partial charge in [-0.25, -0.2) is 4.98 Å². The maximum atomic E-state index is 9.11. The molecule has 0 saturated heterocycles. The molecular formula is C12H11N3O. The maximum absolute atomic E-state index is 9.11. The van der Waals surface area contributed by atoms with Crippen molar-refractivity contribution in [3.63, 3.8) is 0 Å². The number of anilines is 1. The third-order valence-corrected chi connectivity index (χ3v) is 2.03. The van der Waals surface area contributed by atoms with E-state index in [1.54, 1.807) is 18.3 Å². The summed E-state index contributed by atoms with van der Waals surface area (Å²) in [4.78, 5) is 8.02. The van der Waals surface area contributed by atoms with Crippen LogP contribution in [0.2, 0.25) is 0 Å². The molecule has 0 aliphatic carbocycles. The maximum Gasteiger partial charge on any atom is 0.141 e. The molecule has 0 radical (unpaired) electrons. The molecule has 1 aromatic heterocycles. The molecule has 0 unspecified atom stereocenters. The van der Waals surface area contributed by atoms with E-state index in [2.05, 4.69) is 9.97 Å². The third-order valence-electron chi connectivity index (χ3n) is 2.03. The summed E-state index contributed by atoms with van der Waals surface area (Å²) in [6.07, 6.45) is 6.83. The second-order valence-electron chi connectivity index (χ2n) is 3.29. The molecule has 0 aliphatic rings. The smallest absolute Gasteiger partial charge is 0.141 e. The van der Waals surface area contributed by atoms with Crippen LogP contribution < -0.4 is 5.73 Å². The summed E-state index contributed by atoms with van der Waals surface area (Å²) >= 11 is 0. The fourth-order valence-corrected chi connectivity index (χ4v) is 1.20. The molecule has 2 rings (SSSR count). The largest absolute Gasteiger partial charge is 0.508 e. The van der Waals surface area contributed by atoms with Crippen molar-refractivity contribution in [2.45, 2.75) is 0 Å². The molecule has 0 spiro atoms. The standard InChI is InChI=1S/C12H11N3O/c13-12-8-14-10(7-15-12)4-1-9-2-5-11(16)6-3-9/h1-8,16H,(H2,13,15)/b4-1+. The number of phenols is 1. The van der Waals surface area contributed by atoms with Crippen LogP contribution in [0, 0.1) is 0 Å². The quantitative estimate of drug-likeness (QED) is 0.799. The van der Waals surface area contributed by atoms with E-state index in [1.807, 2.05) is 24.3 Å². The Morgan fingerprint density at radius 3 is 2.38 bits per heavy atom. The van der Waals surface area contributed by atoms with Gasteiger partial charge < -0.3 is 10.8 Å². The minimum absolute atomic E-state index is 0.254. The predicted octanol–water partition coefficient (Wildman–Crippen LogP) is 1.93. The number of hydrogen-bond donors (Lipinski definition) is 2. The Balaban J connectivity index is 2.15. The molecule has 0 fully saturated rings. The van der Waals surface area contributed by atoms with Gasteiger partial charge in [0.15, 0.2) is 0 Å². The number of benzene rings is 1. The monoisotopic (exact) mass is 213 g/mol. The SMILES string of the molecule is Nc1cnc(/C=C/c2ccc(O)cc2)cn1. The van der Waals surface area contributed by atoms with E-state index in [0.29, 0.717) is 5.82 Å². The van der Waals surface area contributed by atoms with E-state index >= 15 is 0 Å². The van der Waals surface area contributed by atoms with Crippen molar-refractivity contribution in [1.29, 1.82) is 0 Å². The molecule has 2 aromatic rings. The summed E-state index contributed by atoms with van der Waals surface area (Å²) in [7, 11) is 0. The van der Waals surface area contributed by atoms with Gasteiger partial charge in [-0.2, -0.15) is 0 Å². The first-order valence-corrected chi connectivity index (χ1v) is 4.79. The second kappa shape index (κ2) is 4.44. The van der Waals surface area contributed by atoms with Crippen molar-refractivity contribution in [1.82, 2.24) is 9.97 Å². The van der Waals surface area contributed by atoms with Gasteiger partial charge in [0.05, 0.1) is 18.1 Å². The van der Waals surface area contributed by atoms with Gasteiger partial charge in [0.2, 0.25) is 0 Å². The lowest BCUT2D eigenvalue weighted by atomic mass is 10.2. The Hall–Kier alpha value is -2.36. The molecule has 0 aliphatic heterocycles. The lowest BCUT2D eigenvalue weighted by Crippen LogP contribution is -1.91. The number of aromatic nitrogens is 2.